The van der Waals surface area contributed by atoms with Crippen LogP contribution in [-0.4, -0.2) is 18.4 Å². The highest BCUT2D eigenvalue weighted by Crippen LogP contribution is 2.41. The van der Waals surface area contributed by atoms with Gasteiger partial charge in [0.15, 0.2) is 0 Å². The van der Waals surface area contributed by atoms with Crippen molar-refractivity contribution in [2.45, 2.75) is 39.5 Å². The van der Waals surface area contributed by atoms with E-state index in [-0.39, 0.29) is 23.6 Å². The molecule has 1 rings (SSSR count). The van der Waals surface area contributed by atoms with Crippen molar-refractivity contribution in [3.05, 3.63) is 0 Å². The molecule has 0 unspecified atom stereocenters. The van der Waals surface area contributed by atoms with Crippen LogP contribution in [0.25, 0.3) is 0 Å². The molecule has 0 bridgehead atoms. The molecule has 14 heavy (non-hydrogen) atoms. The van der Waals surface area contributed by atoms with Crippen LogP contribution in [0.3, 0.4) is 0 Å². The number of unbranched alkanes of at least 4 members (excludes halogenated alkanes) is 1. The van der Waals surface area contributed by atoms with Crippen LogP contribution < -0.4 is 0 Å². The van der Waals surface area contributed by atoms with E-state index in [1.54, 1.807) is 6.92 Å². The molecule has 1 aliphatic carbocycles. The molecule has 0 aromatic carbocycles. The third-order valence-electron chi connectivity index (χ3n) is 2.57. The smallest absolute Gasteiger partial charge is 0.309 e. The molecular formula is C11H18O3. The van der Waals surface area contributed by atoms with Crippen LogP contribution in [-0.2, 0) is 14.3 Å². The van der Waals surface area contributed by atoms with Gasteiger partial charge >= 0.3 is 5.97 Å². The number of hydrogen-bond donors (Lipinski definition) is 0. The Balaban J connectivity index is 2.24. The second-order valence-electron chi connectivity index (χ2n) is 3.77. The zero-order chi connectivity index (χ0) is 10.6. The Kier molecular flexibility index (Phi) is 4.11. The molecule has 0 spiro atoms. The Morgan fingerprint density at radius 3 is 2.57 bits per heavy atom. The lowest BCUT2D eigenvalue weighted by molar-refractivity contribution is -0.145. The molecule has 3 heteroatoms. The number of ketones is 1. The lowest BCUT2D eigenvalue weighted by atomic mass is 10.1. The minimum atomic E-state index is -0.192. The van der Waals surface area contributed by atoms with Crippen LogP contribution >= 0.6 is 0 Å². The fraction of sp³-hybridized carbons (Fsp3) is 0.818. The van der Waals surface area contributed by atoms with Gasteiger partial charge in [-0.25, -0.2) is 0 Å². The summed E-state index contributed by atoms with van der Waals surface area (Å²) in [7, 11) is 0. The van der Waals surface area contributed by atoms with Gasteiger partial charge in [0, 0.05) is 12.3 Å². The van der Waals surface area contributed by atoms with E-state index < -0.39 is 0 Å². The molecule has 2 atom stereocenters. The maximum absolute atomic E-state index is 11.5. The van der Waals surface area contributed by atoms with Crippen molar-refractivity contribution in [2.75, 3.05) is 6.61 Å². The van der Waals surface area contributed by atoms with Gasteiger partial charge in [0.05, 0.1) is 12.5 Å². The van der Waals surface area contributed by atoms with Crippen molar-refractivity contribution in [1.82, 2.24) is 0 Å². The first-order chi connectivity index (χ1) is 6.70. The highest BCUT2D eigenvalue weighted by Gasteiger charge is 2.48. The van der Waals surface area contributed by atoms with Gasteiger partial charge in [-0.2, -0.15) is 0 Å². The van der Waals surface area contributed by atoms with Gasteiger partial charge in [-0.05, 0) is 19.8 Å². The van der Waals surface area contributed by atoms with Gasteiger partial charge < -0.3 is 4.74 Å². The second kappa shape index (κ2) is 5.13. The summed E-state index contributed by atoms with van der Waals surface area (Å²) in [5, 5.41) is 0. The number of Topliss-reactive ketones (excluding diaryl/α,β-unsaturated/α-hetero) is 1. The third kappa shape index (κ3) is 2.82. The van der Waals surface area contributed by atoms with E-state index in [1.165, 1.54) is 0 Å². The Bertz CT molecular complexity index is 223. The van der Waals surface area contributed by atoms with Crippen LogP contribution in [0.5, 0.6) is 0 Å². The van der Waals surface area contributed by atoms with Crippen LogP contribution in [0.2, 0.25) is 0 Å². The van der Waals surface area contributed by atoms with Crippen LogP contribution in [0, 0.1) is 11.8 Å². The van der Waals surface area contributed by atoms with Gasteiger partial charge in [0.2, 0.25) is 0 Å². The molecule has 80 valence electrons. The van der Waals surface area contributed by atoms with Crippen molar-refractivity contribution in [3.8, 4) is 0 Å². The highest BCUT2D eigenvalue weighted by atomic mass is 16.5. The number of ether oxygens (including phenoxy) is 1. The molecule has 1 fully saturated rings. The van der Waals surface area contributed by atoms with Gasteiger partial charge in [0.1, 0.15) is 5.78 Å². The van der Waals surface area contributed by atoms with Gasteiger partial charge in [-0.1, -0.05) is 13.3 Å². The largest absolute Gasteiger partial charge is 0.466 e. The lowest BCUT2D eigenvalue weighted by Crippen LogP contribution is -2.11. The molecule has 3 nitrogen and oxygen atoms in total. The van der Waals surface area contributed by atoms with E-state index in [1.807, 2.05) is 0 Å². The average Bonchev–Trinajstić information content (AvgIpc) is 2.94. The van der Waals surface area contributed by atoms with E-state index in [9.17, 15) is 9.59 Å². The number of hydrogen-bond acceptors (Lipinski definition) is 3. The normalized spacial score (nSPS) is 24.4. The molecule has 1 saturated carbocycles. The van der Waals surface area contributed by atoms with E-state index >= 15 is 0 Å². The van der Waals surface area contributed by atoms with Gasteiger partial charge in [-0.3, -0.25) is 9.59 Å². The summed E-state index contributed by atoms with van der Waals surface area (Å²) < 4.78 is 4.86. The SMILES string of the molecule is CCCCC(=O)[C@@H]1C[C@H]1C(=O)OCC. The van der Waals surface area contributed by atoms with Gasteiger partial charge in [0.25, 0.3) is 0 Å². The van der Waals surface area contributed by atoms with Crippen LogP contribution in [0.15, 0.2) is 0 Å². The number of carbonyl (C=O) groups is 2. The predicted molar refractivity (Wildman–Crippen MR) is 52.8 cm³/mol. The molecule has 0 aromatic rings. The zero-order valence-electron chi connectivity index (χ0n) is 8.91. The van der Waals surface area contributed by atoms with Gasteiger partial charge in [-0.15, -0.1) is 0 Å². The highest BCUT2D eigenvalue weighted by molar-refractivity contribution is 5.91. The monoisotopic (exact) mass is 198 g/mol. The molecule has 0 aliphatic heterocycles. The van der Waals surface area contributed by atoms with Crippen molar-refractivity contribution in [3.63, 3.8) is 0 Å². The summed E-state index contributed by atoms with van der Waals surface area (Å²) in [6, 6.07) is 0. The van der Waals surface area contributed by atoms with E-state index in [2.05, 4.69) is 6.92 Å². The number of esters is 1. The zero-order valence-corrected chi connectivity index (χ0v) is 8.91. The molecule has 0 aromatic heterocycles. The first-order valence-electron chi connectivity index (χ1n) is 5.40. The van der Waals surface area contributed by atoms with Crippen molar-refractivity contribution >= 4 is 11.8 Å². The lowest BCUT2D eigenvalue weighted by Gasteiger charge is -2.00. The maximum atomic E-state index is 11.5. The predicted octanol–water partition coefficient (Wildman–Crippen LogP) is 1.94. The summed E-state index contributed by atoms with van der Waals surface area (Å²) in [5.41, 5.74) is 0. The standard InChI is InChI=1S/C11H18O3/c1-3-5-6-10(12)8-7-9(8)11(13)14-4-2/h8-9H,3-7H2,1-2H3/t8-,9-/m1/s1. The molecule has 0 amide bonds. The third-order valence-corrected chi connectivity index (χ3v) is 2.57. The summed E-state index contributed by atoms with van der Waals surface area (Å²) >= 11 is 0. The molecule has 0 heterocycles. The minimum absolute atomic E-state index is 0.0272. The first-order valence-corrected chi connectivity index (χ1v) is 5.40. The summed E-state index contributed by atoms with van der Waals surface area (Å²) in [6.07, 6.45) is 3.30. The van der Waals surface area contributed by atoms with Crippen LogP contribution in [0.4, 0.5) is 0 Å². The average molecular weight is 198 g/mol. The Hall–Kier alpha value is -0.860. The van der Waals surface area contributed by atoms with E-state index in [0.717, 1.165) is 12.8 Å². The van der Waals surface area contributed by atoms with Crippen molar-refractivity contribution in [2.24, 2.45) is 11.8 Å². The second-order valence-corrected chi connectivity index (χ2v) is 3.77. The summed E-state index contributed by atoms with van der Waals surface area (Å²) in [6.45, 7) is 4.25. The fourth-order valence-corrected chi connectivity index (χ4v) is 1.60. The Labute approximate surface area is 84.8 Å². The summed E-state index contributed by atoms with van der Waals surface area (Å²) in [4.78, 5) is 22.7. The number of rotatable bonds is 6. The quantitative estimate of drug-likeness (QED) is 0.613. The molecule has 1 aliphatic rings. The molecular weight excluding hydrogens is 180 g/mol. The van der Waals surface area contributed by atoms with Crippen molar-refractivity contribution < 1.29 is 14.3 Å². The fourth-order valence-electron chi connectivity index (χ4n) is 1.60. The maximum Gasteiger partial charge on any atom is 0.309 e. The first kappa shape index (κ1) is 11.2. The van der Waals surface area contributed by atoms with E-state index in [4.69, 9.17) is 4.74 Å². The summed E-state index contributed by atoms with van der Waals surface area (Å²) in [5.74, 6) is -0.104. The van der Waals surface area contributed by atoms with Crippen LogP contribution in [0.1, 0.15) is 39.5 Å². The molecule has 0 radical (unpaired) electrons. The van der Waals surface area contributed by atoms with E-state index in [0.29, 0.717) is 19.4 Å². The molecule has 0 N–H and O–H groups in total. The minimum Gasteiger partial charge on any atom is -0.466 e. The Morgan fingerprint density at radius 1 is 1.29 bits per heavy atom. The number of carbonyl (C=O) groups excluding carboxylic acids is 2. The molecule has 0 saturated heterocycles. The van der Waals surface area contributed by atoms with Crippen molar-refractivity contribution in [1.29, 1.82) is 0 Å². The topological polar surface area (TPSA) is 43.4 Å². The Morgan fingerprint density at radius 2 is 2.00 bits per heavy atom.